The van der Waals surface area contributed by atoms with Crippen LogP contribution in [0.25, 0.3) is 93.0 Å². The first kappa shape index (κ1) is 35.8. The Hall–Kier alpha value is -7.36. The fourth-order valence-electron chi connectivity index (χ4n) is 9.35. The molecule has 0 fully saturated rings. The van der Waals surface area contributed by atoms with Gasteiger partial charge < -0.3 is 5.73 Å². The molecule has 0 bridgehead atoms. The Balaban J connectivity index is 0.990. The van der Waals surface area contributed by atoms with Gasteiger partial charge in [-0.25, -0.2) is 0 Å². The van der Waals surface area contributed by atoms with Gasteiger partial charge in [-0.1, -0.05) is 200 Å². The van der Waals surface area contributed by atoms with Crippen molar-refractivity contribution in [1.82, 2.24) is 5.32 Å². The van der Waals surface area contributed by atoms with Crippen LogP contribution in [-0.2, 0) is 0 Å². The van der Waals surface area contributed by atoms with Crippen molar-refractivity contribution >= 4 is 70.7 Å². The summed E-state index contributed by atoms with van der Waals surface area (Å²) in [6.45, 7) is 0. The molecular formula is C58H42N2. The highest BCUT2D eigenvalue weighted by Gasteiger charge is 2.17. The SMILES string of the molecule is NC(NC(/C=C/c1cccc(-c2cccc(-c3c4ccccc4cc4c3ccc3ccccc34)c2)c1)c1ccc2c3ccccc3c3ccccc3c2c1)c1ccccc1. The Labute approximate surface area is 349 Å². The summed E-state index contributed by atoms with van der Waals surface area (Å²) in [4.78, 5) is 0. The number of rotatable bonds is 8. The molecule has 0 radical (unpaired) electrons. The summed E-state index contributed by atoms with van der Waals surface area (Å²) in [5.74, 6) is 0. The maximum absolute atomic E-state index is 6.89. The van der Waals surface area contributed by atoms with Gasteiger partial charge in [-0.2, -0.15) is 0 Å². The summed E-state index contributed by atoms with van der Waals surface area (Å²) < 4.78 is 0. The van der Waals surface area contributed by atoms with Crippen molar-refractivity contribution in [3.05, 3.63) is 235 Å². The van der Waals surface area contributed by atoms with Crippen molar-refractivity contribution < 1.29 is 0 Å². The highest BCUT2D eigenvalue weighted by atomic mass is 15.0. The molecule has 0 spiro atoms. The maximum Gasteiger partial charge on any atom is 0.0817 e. The Morgan fingerprint density at radius 1 is 0.350 bits per heavy atom. The second-order valence-corrected chi connectivity index (χ2v) is 15.8. The van der Waals surface area contributed by atoms with Gasteiger partial charge in [0, 0.05) is 0 Å². The second-order valence-electron chi connectivity index (χ2n) is 15.8. The Kier molecular flexibility index (Phi) is 9.01. The van der Waals surface area contributed by atoms with Crippen molar-refractivity contribution in [1.29, 1.82) is 0 Å². The van der Waals surface area contributed by atoms with Crippen molar-refractivity contribution in [2.24, 2.45) is 5.73 Å². The standard InChI is InChI=1S/C58H42N2/c59-58(40-16-2-1-3-17-40)60-56(44-30-31-52-50-26-9-8-24-48(50)49-25-10-11-27-51(49)55(52)37-44)33-28-38-14-12-19-41(34-38)42-20-13-21-45(35-42)57-47-23-7-5-18-43(47)36-54-46-22-6-4-15-39(46)29-32-53(54)57/h1-37,56,58,60H,59H2/b33-28+. The molecule has 0 aliphatic rings. The van der Waals surface area contributed by atoms with Crippen molar-refractivity contribution in [3.63, 3.8) is 0 Å². The third-order valence-corrected chi connectivity index (χ3v) is 12.3. The lowest BCUT2D eigenvalue weighted by atomic mass is 9.88. The third kappa shape index (κ3) is 6.40. The zero-order valence-electron chi connectivity index (χ0n) is 33.1. The summed E-state index contributed by atoms with van der Waals surface area (Å²) in [7, 11) is 0. The summed E-state index contributed by atoms with van der Waals surface area (Å²) >= 11 is 0. The monoisotopic (exact) mass is 766 g/mol. The van der Waals surface area contributed by atoms with Crippen LogP contribution in [0.2, 0.25) is 0 Å². The van der Waals surface area contributed by atoms with E-state index in [0.29, 0.717) is 0 Å². The first-order chi connectivity index (χ1) is 29.7. The van der Waals surface area contributed by atoms with Crippen LogP contribution >= 0.6 is 0 Å². The molecule has 2 unspecified atom stereocenters. The maximum atomic E-state index is 6.89. The molecule has 11 aromatic carbocycles. The number of hydrogen-bond donors (Lipinski definition) is 2. The van der Waals surface area contributed by atoms with E-state index in [0.717, 1.165) is 16.7 Å². The number of fused-ring (bicyclic) bond motifs is 10. The minimum atomic E-state index is -0.359. The number of nitrogens with two attached hydrogens (primary N) is 1. The van der Waals surface area contributed by atoms with E-state index < -0.39 is 0 Å². The molecule has 0 saturated carbocycles. The highest BCUT2D eigenvalue weighted by molar-refractivity contribution is 6.25. The summed E-state index contributed by atoms with van der Waals surface area (Å²) in [6.07, 6.45) is 4.13. The molecule has 0 heterocycles. The van der Waals surface area contributed by atoms with Crippen LogP contribution in [0.1, 0.15) is 28.9 Å². The van der Waals surface area contributed by atoms with E-state index in [9.17, 15) is 0 Å². The lowest BCUT2D eigenvalue weighted by Gasteiger charge is -2.22. The van der Waals surface area contributed by atoms with E-state index in [1.807, 2.05) is 18.2 Å². The lowest BCUT2D eigenvalue weighted by Crippen LogP contribution is -2.31. The third-order valence-electron chi connectivity index (χ3n) is 12.3. The molecule has 3 N–H and O–H groups in total. The minimum absolute atomic E-state index is 0.155. The van der Waals surface area contributed by atoms with Crippen molar-refractivity contribution in [3.8, 4) is 22.3 Å². The Morgan fingerprint density at radius 3 is 1.65 bits per heavy atom. The van der Waals surface area contributed by atoms with Gasteiger partial charge in [-0.15, -0.1) is 0 Å². The van der Waals surface area contributed by atoms with Gasteiger partial charge in [-0.3, -0.25) is 5.32 Å². The average molecular weight is 767 g/mol. The van der Waals surface area contributed by atoms with Gasteiger partial charge in [0.25, 0.3) is 0 Å². The molecule has 2 heteroatoms. The summed E-state index contributed by atoms with van der Waals surface area (Å²) in [5.41, 5.74) is 15.0. The van der Waals surface area contributed by atoms with Crippen molar-refractivity contribution in [2.45, 2.75) is 12.2 Å². The summed E-state index contributed by atoms with van der Waals surface area (Å²) in [6, 6.07) is 76.7. The van der Waals surface area contributed by atoms with Crippen LogP contribution in [-0.4, -0.2) is 0 Å². The molecule has 284 valence electrons. The predicted octanol–water partition coefficient (Wildman–Crippen LogP) is 14.9. The molecular weight excluding hydrogens is 725 g/mol. The summed E-state index contributed by atoms with van der Waals surface area (Å²) in [5, 5.41) is 18.9. The number of benzene rings is 11. The topological polar surface area (TPSA) is 38.0 Å². The van der Waals surface area contributed by atoms with Gasteiger partial charge in [-0.05, 0) is 128 Å². The molecule has 2 nitrogen and oxygen atoms in total. The van der Waals surface area contributed by atoms with Crippen LogP contribution in [0.4, 0.5) is 0 Å². The average Bonchev–Trinajstić information content (AvgIpc) is 3.32. The Bertz CT molecular complexity index is 3400. The minimum Gasteiger partial charge on any atom is -0.312 e. The molecule has 0 aromatic heterocycles. The van der Waals surface area contributed by atoms with E-state index in [2.05, 4.69) is 212 Å². The van der Waals surface area contributed by atoms with Crippen LogP contribution in [0.5, 0.6) is 0 Å². The molecule has 0 saturated heterocycles. The van der Waals surface area contributed by atoms with Gasteiger partial charge >= 0.3 is 0 Å². The molecule has 0 amide bonds. The molecule has 60 heavy (non-hydrogen) atoms. The largest absolute Gasteiger partial charge is 0.312 e. The van der Waals surface area contributed by atoms with Crippen LogP contribution in [0.3, 0.4) is 0 Å². The van der Waals surface area contributed by atoms with Crippen LogP contribution in [0.15, 0.2) is 218 Å². The van der Waals surface area contributed by atoms with Crippen LogP contribution < -0.4 is 11.1 Å². The predicted molar refractivity (Wildman–Crippen MR) is 257 cm³/mol. The van der Waals surface area contributed by atoms with Crippen LogP contribution in [0, 0.1) is 0 Å². The van der Waals surface area contributed by atoms with E-state index in [-0.39, 0.29) is 12.2 Å². The van der Waals surface area contributed by atoms with Crippen molar-refractivity contribution in [2.75, 3.05) is 0 Å². The smallest absolute Gasteiger partial charge is 0.0817 e. The zero-order valence-corrected chi connectivity index (χ0v) is 33.1. The molecule has 11 aromatic rings. The quantitative estimate of drug-likeness (QED) is 0.0918. The number of nitrogens with one attached hydrogen (secondary N) is 1. The molecule has 0 aliphatic heterocycles. The zero-order chi connectivity index (χ0) is 40.0. The molecule has 0 aliphatic carbocycles. The fourth-order valence-corrected chi connectivity index (χ4v) is 9.35. The van der Waals surface area contributed by atoms with Gasteiger partial charge in [0.05, 0.1) is 12.2 Å². The van der Waals surface area contributed by atoms with E-state index in [1.165, 1.54) is 86.9 Å². The van der Waals surface area contributed by atoms with E-state index in [4.69, 9.17) is 5.73 Å². The van der Waals surface area contributed by atoms with Gasteiger partial charge in [0.1, 0.15) is 0 Å². The fraction of sp³-hybridized carbons (Fsp3) is 0.0345. The Morgan fingerprint density at radius 2 is 0.900 bits per heavy atom. The molecule has 11 rings (SSSR count). The normalized spacial score (nSPS) is 12.9. The van der Waals surface area contributed by atoms with Gasteiger partial charge in [0.15, 0.2) is 0 Å². The lowest BCUT2D eigenvalue weighted by molar-refractivity contribution is 0.509. The second kappa shape index (κ2) is 15.1. The first-order valence-corrected chi connectivity index (χ1v) is 20.8. The highest BCUT2D eigenvalue weighted by Crippen LogP contribution is 2.41. The van der Waals surface area contributed by atoms with E-state index in [1.54, 1.807) is 0 Å². The number of hydrogen-bond acceptors (Lipinski definition) is 2. The van der Waals surface area contributed by atoms with E-state index >= 15 is 0 Å². The molecule has 2 atom stereocenters. The first-order valence-electron chi connectivity index (χ1n) is 20.8. The van der Waals surface area contributed by atoms with Gasteiger partial charge in [0.2, 0.25) is 0 Å².